The zero-order valence-corrected chi connectivity index (χ0v) is 13.6. The van der Waals surface area contributed by atoms with Crippen molar-refractivity contribution in [2.24, 2.45) is 5.92 Å². The molecule has 0 spiro atoms. The molecule has 1 atom stereocenters. The Morgan fingerprint density at radius 3 is 2.62 bits per heavy atom. The SMILES string of the molecule is Cc1ccc(-c2nc3cc4c(cc3n2CC(C)C#N)OCO4)cc1. The second-order valence-electron chi connectivity index (χ2n) is 6.14. The topological polar surface area (TPSA) is 60.1 Å². The van der Waals surface area contributed by atoms with Gasteiger partial charge in [0.2, 0.25) is 6.79 Å². The first-order chi connectivity index (χ1) is 11.7. The highest BCUT2D eigenvalue weighted by atomic mass is 16.7. The van der Waals surface area contributed by atoms with E-state index in [1.165, 1.54) is 5.56 Å². The Labute approximate surface area is 140 Å². The fourth-order valence-electron chi connectivity index (χ4n) is 2.94. The molecule has 2 heterocycles. The number of fused-ring (bicyclic) bond motifs is 2. The van der Waals surface area contributed by atoms with E-state index in [0.717, 1.165) is 33.9 Å². The lowest BCUT2D eigenvalue weighted by Gasteiger charge is -2.11. The van der Waals surface area contributed by atoms with Crippen LogP contribution in [0, 0.1) is 24.2 Å². The minimum atomic E-state index is -0.114. The van der Waals surface area contributed by atoms with Crippen LogP contribution in [-0.2, 0) is 6.54 Å². The van der Waals surface area contributed by atoms with Crippen molar-refractivity contribution in [3.05, 3.63) is 42.0 Å². The highest BCUT2D eigenvalue weighted by Crippen LogP contribution is 2.37. The van der Waals surface area contributed by atoms with Gasteiger partial charge in [-0.05, 0) is 13.8 Å². The predicted octanol–water partition coefficient (Wildman–Crippen LogP) is 3.90. The van der Waals surface area contributed by atoms with E-state index in [0.29, 0.717) is 6.54 Å². The number of aromatic nitrogens is 2. The predicted molar refractivity (Wildman–Crippen MR) is 90.8 cm³/mol. The van der Waals surface area contributed by atoms with Gasteiger partial charge in [0.05, 0.1) is 23.0 Å². The van der Waals surface area contributed by atoms with Crippen molar-refractivity contribution in [3.8, 4) is 29.0 Å². The first-order valence-corrected chi connectivity index (χ1v) is 7.92. The molecule has 0 aliphatic carbocycles. The number of hydrogen-bond donors (Lipinski definition) is 0. The summed E-state index contributed by atoms with van der Waals surface area (Å²) in [6.07, 6.45) is 0. The first-order valence-electron chi connectivity index (χ1n) is 7.92. The lowest BCUT2D eigenvalue weighted by Crippen LogP contribution is -2.07. The van der Waals surface area contributed by atoms with Crippen molar-refractivity contribution in [2.45, 2.75) is 20.4 Å². The third-order valence-electron chi connectivity index (χ3n) is 4.23. The van der Waals surface area contributed by atoms with Gasteiger partial charge in [0.1, 0.15) is 5.82 Å². The summed E-state index contributed by atoms with van der Waals surface area (Å²) in [5.41, 5.74) is 4.04. The maximum atomic E-state index is 9.23. The highest BCUT2D eigenvalue weighted by molar-refractivity contribution is 5.84. The normalized spacial score (nSPS) is 13.9. The van der Waals surface area contributed by atoms with Crippen LogP contribution < -0.4 is 9.47 Å². The maximum Gasteiger partial charge on any atom is 0.231 e. The summed E-state index contributed by atoms with van der Waals surface area (Å²) in [5.74, 6) is 2.19. The molecule has 2 aromatic carbocycles. The van der Waals surface area contributed by atoms with Crippen LogP contribution in [0.2, 0.25) is 0 Å². The summed E-state index contributed by atoms with van der Waals surface area (Å²) in [7, 11) is 0. The highest BCUT2D eigenvalue weighted by Gasteiger charge is 2.20. The summed E-state index contributed by atoms with van der Waals surface area (Å²) in [6.45, 7) is 4.79. The third kappa shape index (κ3) is 2.37. The molecule has 1 aliphatic rings. The monoisotopic (exact) mass is 319 g/mol. The molecule has 120 valence electrons. The van der Waals surface area contributed by atoms with Crippen LogP contribution in [0.15, 0.2) is 36.4 Å². The van der Waals surface area contributed by atoms with E-state index in [1.54, 1.807) is 0 Å². The van der Waals surface area contributed by atoms with E-state index in [4.69, 9.17) is 14.5 Å². The molecule has 5 nitrogen and oxygen atoms in total. The van der Waals surface area contributed by atoms with Gasteiger partial charge < -0.3 is 14.0 Å². The van der Waals surface area contributed by atoms with Crippen LogP contribution in [0.5, 0.6) is 11.5 Å². The van der Waals surface area contributed by atoms with Crippen molar-refractivity contribution in [1.29, 1.82) is 5.26 Å². The summed E-state index contributed by atoms with van der Waals surface area (Å²) < 4.78 is 13.0. The molecule has 1 aromatic heterocycles. The lowest BCUT2D eigenvalue weighted by molar-refractivity contribution is 0.174. The van der Waals surface area contributed by atoms with E-state index in [1.807, 2.05) is 19.1 Å². The summed E-state index contributed by atoms with van der Waals surface area (Å²) in [4.78, 5) is 4.80. The Bertz CT molecular complexity index is 951. The van der Waals surface area contributed by atoms with Gasteiger partial charge in [0.25, 0.3) is 0 Å². The molecule has 0 saturated carbocycles. The second kappa shape index (κ2) is 5.57. The van der Waals surface area contributed by atoms with Gasteiger partial charge in [-0.25, -0.2) is 4.98 Å². The number of aryl methyl sites for hydroxylation is 1. The lowest BCUT2D eigenvalue weighted by atomic mass is 10.1. The Balaban J connectivity index is 1.92. The van der Waals surface area contributed by atoms with Gasteiger partial charge in [-0.15, -0.1) is 0 Å². The Morgan fingerprint density at radius 2 is 1.92 bits per heavy atom. The van der Waals surface area contributed by atoms with Gasteiger partial charge >= 0.3 is 0 Å². The smallest absolute Gasteiger partial charge is 0.231 e. The van der Waals surface area contributed by atoms with E-state index in [2.05, 4.69) is 41.8 Å². The molecule has 0 saturated heterocycles. The molecule has 3 aromatic rings. The van der Waals surface area contributed by atoms with Crippen LogP contribution in [0.1, 0.15) is 12.5 Å². The summed E-state index contributed by atoms with van der Waals surface area (Å²) in [6, 6.07) is 14.4. The molecule has 0 fully saturated rings. The minimum absolute atomic E-state index is 0.114. The minimum Gasteiger partial charge on any atom is -0.454 e. The molecule has 1 unspecified atom stereocenters. The number of imidazole rings is 1. The van der Waals surface area contributed by atoms with Crippen LogP contribution >= 0.6 is 0 Å². The molecule has 0 N–H and O–H groups in total. The van der Waals surface area contributed by atoms with Crippen molar-refractivity contribution in [3.63, 3.8) is 0 Å². The zero-order valence-electron chi connectivity index (χ0n) is 13.6. The van der Waals surface area contributed by atoms with E-state index >= 15 is 0 Å². The zero-order chi connectivity index (χ0) is 16.7. The maximum absolute atomic E-state index is 9.23. The molecule has 5 heteroatoms. The Morgan fingerprint density at radius 1 is 1.21 bits per heavy atom. The number of rotatable bonds is 3. The molecule has 0 amide bonds. The van der Waals surface area contributed by atoms with Crippen molar-refractivity contribution < 1.29 is 9.47 Å². The van der Waals surface area contributed by atoms with Crippen LogP contribution in [0.4, 0.5) is 0 Å². The largest absolute Gasteiger partial charge is 0.454 e. The van der Waals surface area contributed by atoms with Gasteiger partial charge in [-0.3, -0.25) is 0 Å². The average molecular weight is 319 g/mol. The third-order valence-corrected chi connectivity index (χ3v) is 4.23. The van der Waals surface area contributed by atoms with Gasteiger partial charge in [-0.2, -0.15) is 5.26 Å². The van der Waals surface area contributed by atoms with Crippen LogP contribution in [-0.4, -0.2) is 16.3 Å². The molecule has 1 aliphatic heterocycles. The van der Waals surface area contributed by atoms with Crippen molar-refractivity contribution >= 4 is 11.0 Å². The Hall–Kier alpha value is -3.00. The number of nitrogens with zero attached hydrogens (tertiary/aromatic N) is 3. The molecular formula is C19H17N3O2. The molecule has 0 radical (unpaired) electrons. The van der Waals surface area contributed by atoms with Gasteiger partial charge in [-0.1, -0.05) is 29.8 Å². The summed E-state index contributed by atoms with van der Waals surface area (Å²) in [5, 5.41) is 9.23. The fourth-order valence-corrected chi connectivity index (χ4v) is 2.94. The summed E-state index contributed by atoms with van der Waals surface area (Å²) >= 11 is 0. The van der Waals surface area contributed by atoms with Crippen molar-refractivity contribution in [2.75, 3.05) is 6.79 Å². The molecular weight excluding hydrogens is 302 g/mol. The average Bonchev–Trinajstić information content (AvgIpc) is 3.18. The molecule has 0 bridgehead atoms. The van der Waals surface area contributed by atoms with Crippen molar-refractivity contribution in [1.82, 2.24) is 9.55 Å². The number of hydrogen-bond acceptors (Lipinski definition) is 4. The van der Waals surface area contributed by atoms with Crippen LogP contribution in [0.3, 0.4) is 0 Å². The van der Waals surface area contributed by atoms with E-state index in [9.17, 15) is 5.26 Å². The van der Waals surface area contributed by atoms with Gasteiger partial charge in [0.15, 0.2) is 11.5 Å². The molecule has 4 rings (SSSR count). The first kappa shape index (κ1) is 14.6. The van der Waals surface area contributed by atoms with E-state index < -0.39 is 0 Å². The second-order valence-corrected chi connectivity index (χ2v) is 6.14. The Kier molecular flexibility index (Phi) is 3.39. The standard InChI is InChI=1S/C19H17N3O2/c1-12-3-5-14(6-4-12)19-21-15-7-17-18(24-11-23-17)8-16(15)22(19)10-13(2)9-20/h3-8,13H,10-11H2,1-2H3. The molecule has 24 heavy (non-hydrogen) atoms. The fraction of sp³-hybridized carbons (Fsp3) is 0.263. The van der Waals surface area contributed by atoms with E-state index in [-0.39, 0.29) is 12.7 Å². The number of benzene rings is 2. The number of ether oxygens (including phenoxy) is 2. The number of nitriles is 1. The quantitative estimate of drug-likeness (QED) is 0.734. The van der Waals surface area contributed by atoms with Gasteiger partial charge in [0, 0.05) is 24.2 Å². The van der Waals surface area contributed by atoms with Crippen LogP contribution in [0.25, 0.3) is 22.4 Å².